The predicted molar refractivity (Wildman–Crippen MR) is 76.9 cm³/mol. The molecule has 19 heavy (non-hydrogen) atoms. The van der Waals surface area contributed by atoms with Crippen molar-refractivity contribution in [3.8, 4) is 0 Å². The fourth-order valence-corrected chi connectivity index (χ4v) is 6.15. The molecule has 0 unspecified atom stereocenters. The molecule has 1 N–H and O–H groups in total. The Labute approximate surface area is 144 Å². The van der Waals surface area contributed by atoms with E-state index in [-0.39, 0.29) is 24.8 Å². The van der Waals surface area contributed by atoms with Crippen LogP contribution in [0.4, 0.5) is 0 Å². The van der Waals surface area contributed by atoms with Crippen molar-refractivity contribution < 1.29 is 45.2 Å². The van der Waals surface area contributed by atoms with E-state index >= 15 is 0 Å². The molecule has 0 aromatic carbocycles. The Morgan fingerprint density at radius 1 is 1.00 bits per heavy atom. The molecule has 0 aliphatic heterocycles. The molecule has 0 spiro atoms. The van der Waals surface area contributed by atoms with E-state index in [1.165, 1.54) is 10.3 Å². The Morgan fingerprint density at radius 2 is 1.37 bits per heavy atom. The first-order valence-electron chi connectivity index (χ1n) is 6.43. The molecule has 0 aromatic heterocycles. The molecule has 0 aromatic rings. The van der Waals surface area contributed by atoms with Crippen LogP contribution in [0, 0.1) is 5.16 Å². The van der Waals surface area contributed by atoms with Crippen molar-refractivity contribution in [1.29, 1.82) is 5.16 Å². The van der Waals surface area contributed by atoms with E-state index in [1.54, 1.807) is 0 Å². The van der Waals surface area contributed by atoms with E-state index in [0.29, 0.717) is 17.0 Å². The molecule has 0 radical (unpaired) electrons. The summed E-state index contributed by atoms with van der Waals surface area (Å²) in [6, 6.07) is 0. The van der Waals surface area contributed by atoms with Gasteiger partial charge in [0.05, 0.1) is 0 Å². The van der Waals surface area contributed by atoms with Crippen molar-refractivity contribution in [3.05, 3.63) is 22.1 Å². The van der Waals surface area contributed by atoms with Crippen LogP contribution in [0.5, 0.6) is 0 Å². The molecule has 1 rings (SSSR count). The molecule has 0 amide bonds. The van der Waals surface area contributed by atoms with E-state index < -0.39 is 7.05 Å². The fourth-order valence-electron chi connectivity index (χ4n) is 2.24. The third-order valence-corrected chi connectivity index (χ3v) is 9.04. The summed E-state index contributed by atoms with van der Waals surface area (Å²) >= 11 is 2.14. The van der Waals surface area contributed by atoms with Gasteiger partial charge in [-0.05, 0) is 24.0 Å². The number of allylic oxidation sites excluding steroid dienone is 4. The molecular weight excluding hydrogens is 332 g/mol. The second-order valence-corrected chi connectivity index (χ2v) is 11.2. The Bertz CT molecular complexity index is 308. The van der Waals surface area contributed by atoms with E-state index in [9.17, 15) is 0 Å². The van der Waals surface area contributed by atoms with Gasteiger partial charge in [-0.2, -0.15) is 0 Å². The van der Waals surface area contributed by atoms with Crippen molar-refractivity contribution in [2.24, 2.45) is 0 Å². The number of hydrogen-bond acceptors (Lipinski definition) is 1. The maximum atomic E-state index is 8.40. The van der Waals surface area contributed by atoms with Crippen LogP contribution in [0.1, 0.15) is 48.0 Å². The second kappa shape index (κ2) is 11.6. The van der Waals surface area contributed by atoms with E-state index in [1.807, 2.05) is 0 Å². The molecule has 0 saturated heterocycles. The zero-order chi connectivity index (χ0) is 13.6. The van der Waals surface area contributed by atoms with Gasteiger partial charge in [0.25, 0.3) is 0 Å². The van der Waals surface area contributed by atoms with Crippen LogP contribution < -0.4 is 24.8 Å². The first-order chi connectivity index (χ1) is 7.72. The van der Waals surface area contributed by atoms with Crippen LogP contribution >= 0.6 is 7.05 Å². The first-order valence-corrected chi connectivity index (χ1v) is 9.21. The first kappa shape index (κ1) is 25.0. The van der Waals surface area contributed by atoms with Crippen molar-refractivity contribution in [2.45, 2.75) is 64.9 Å². The van der Waals surface area contributed by atoms with Gasteiger partial charge in [-0.15, -0.1) is 0 Å². The zero-order valence-corrected chi connectivity index (χ0v) is 16.8. The molecule has 5 heteroatoms. The van der Waals surface area contributed by atoms with Gasteiger partial charge in [0.1, 0.15) is 0 Å². The topological polar surface area (TPSA) is 23.9 Å². The van der Waals surface area contributed by atoms with Crippen LogP contribution in [0.2, 0.25) is 0 Å². The van der Waals surface area contributed by atoms with Gasteiger partial charge in [-0.3, -0.25) is 0 Å². The van der Waals surface area contributed by atoms with Crippen LogP contribution in [-0.2, 0) is 20.4 Å². The summed E-state index contributed by atoms with van der Waals surface area (Å²) in [6.45, 7) is 13.2. The summed E-state index contributed by atoms with van der Waals surface area (Å²) in [4.78, 5) is 0. The van der Waals surface area contributed by atoms with Crippen LogP contribution in [0.3, 0.4) is 0 Å². The Hall–Kier alpha value is 1.00. The third kappa shape index (κ3) is 8.13. The molecule has 0 fully saturated rings. The third-order valence-electron chi connectivity index (χ3n) is 3.33. The Kier molecular flexibility index (Phi) is 15.3. The van der Waals surface area contributed by atoms with Gasteiger partial charge < -0.3 is 30.0 Å². The summed E-state index contributed by atoms with van der Waals surface area (Å²) < 4.78 is 1.47. The van der Waals surface area contributed by atoms with Crippen molar-refractivity contribution >= 4 is 7.05 Å². The average molecular weight is 359 g/mol. The minimum atomic E-state index is -1.44. The fraction of sp³-hybridized carbons (Fsp3) is 0.714. The Morgan fingerprint density at radius 3 is 1.42 bits per heavy atom. The standard InChI is InChI=1S/C9H22NP.C5H5.2ClH.Ti/c1-7(2)11(10,8(3)4)9(5)6;1-2-4-5-3-1;;;/h7-10H,1-6H3;1-3H,4H2;2*1H;/q;;;;+2/p-2. The number of halogens is 2. The van der Waals surface area contributed by atoms with Gasteiger partial charge in [0.2, 0.25) is 0 Å². The van der Waals surface area contributed by atoms with Gasteiger partial charge in [-0.25, -0.2) is 0 Å². The Balaban J connectivity index is -0.000000274. The second-order valence-electron chi connectivity index (χ2n) is 5.44. The quantitative estimate of drug-likeness (QED) is 0.513. The summed E-state index contributed by atoms with van der Waals surface area (Å²) in [6.07, 6.45) is 7.56. The molecular formula is C14H27Cl2NPTi. The van der Waals surface area contributed by atoms with E-state index in [0.717, 1.165) is 0 Å². The van der Waals surface area contributed by atoms with Gasteiger partial charge in [0.15, 0.2) is 0 Å². The summed E-state index contributed by atoms with van der Waals surface area (Å²) in [5, 5.41) is 8.40. The van der Waals surface area contributed by atoms with Crippen molar-refractivity contribution in [2.75, 3.05) is 0 Å². The molecule has 1 nitrogen and oxygen atoms in total. The predicted octanol–water partition coefficient (Wildman–Crippen LogP) is -0.623. The number of nitrogens with one attached hydrogen (secondary N) is 1. The summed E-state index contributed by atoms with van der Waals surface area (Å²) in [7, 11) is -1.44. The van der Waals surface area contributed by atoms with Gasteiger partial charge in [0, 0.05) is 0 Å². The van der Waals surface area contributed by atoms with E-state index in [2.05, 4.69) is 80.2 Å². The number of hydrogen-bond donors (Lipinski definition) is 1. The van der Waals surface area contributed by atoms with Crippen molar-refractivity contribution in [3.63, 3.8) is 0 Å². The normalized spacial score (nSPS) is 13.7. The van der Waals surface area contributed by atoms with Gasteiger partial charge >= 0.3 is 49.0 Å². The molecule has 0 saturated carbocycles. The molecule has 1 aliphatic carbocycles. The SMILES string of the molecule is CC(C)P(=N)(C(C)C)C(C)C.[Cl-].[Cl-].[Ti+2][C]1=CC=CC1. The molecule has 0 atom stereocenters. The molecule has 111 valence electrons. The molecule has 0 heterocycles. The summed E-state index contributed by atoms with van der Waals surface area (Å²) in [5.41, 5.74) is 1.67. The van der Waals surface area contributed by atoms with E-state index in [4.69, 9.17) is 5.16 Å². The minimum absolute atomic E-state index is 0. The molecule has 1 aliphatic rings. The zero-order valence-electron chi connectivity index (χ0n) is 12.9. The van der Waals surface area contributed by atoms with Crippen LogP contribution in [0.25, 0.3) is 0 Å². The molecule has 0 bridgehead atoms. The summed E-state index contributed by atoms with van der Waals surface area (Å²) in [5.74, 6) is 0. The van der Waals surface area contributed by atoms with Gasteiger partial charge in [-0.1, -0.05) is 41.5 Å². The monoisotopic (exact) mass is 358 g/mol. The average Bonchev–Trinajstić information content (AvgIpc) is 2.67. The maximum absolute atomic E-state index is 8.40. The van der Waals surface area contributed by atoms with Crippen molar-refractivity contribution in [1.82, 2.24) is 0 Å². The van der Waals surface area contributed by atoms with Crippen LogP contribution in [-0.4, -0.2) is 17.0 Å². The van der Waals surface area contributed by atoms with Crippen LogP contribution in [0.15, 0.2) is 22.1 Å². The number of rotatable bonds is 3.